The number of fused-ring (bicyclic) bond motifs is 1. The third kappa shape index (κ3) is 6.02. The number of carbonyl (C=O) groups excluding carboxylic acids is 1. The molecule has 0 aromatic heterocycles. The van der Waals surface area contributed by atoms with Gasteiger partial charge in [0.2, 0.25) is 5.84 Å². The quantitative estimate of drug-likeness (QED) is 0.155. The average molecular weight is 445 g/mol. The van der Waals surface area contributed by atoms with Gasteiger partial charge in [0.25, 0.3) is 0 Å². The van der Waals surface area contributed by atoms with Gasteiger partial charge in [-0.25, -0.2) is 4.79 Å². The Balaban J connectivity index is 1.61. The molecule has 0 saturated carbocycles. The molecule has 30 heavy (non-hydrogen) atoms. The molecule has 0 spiro atoms. The molecular formula is C22H22Cl2N4O2. The molecule has 0 aliphatic heterocycles. The van der Waals surface area contributed by atoms with Gasteiger partial charge in [-0.1, -0.05) is 53.5 Å². The largest absolute Gasteiger partial charge is 0.460 e. The summed E-state index contributed by atoms with van der Waals surface area (Å²) in [6, 6.07) is 19.3. The van der Waals surface area contributed by atoms with Crippen LogP contribution in [0.2, 0.25) is 10.0 Å². The van der Waals surface area contributed by atoms with E-state index in [1.807, 2.05) is 18.2 Å². The standard InChI is InChI=1S/C22H22Cl2N4O2/c1-2-30-22(29)21(28-27-20-14-17(23)8-10-19(20)24)26-12-11-25-18-9-7-15-5-3-4-6-16(15)13-18/h3-10,13-14,25,27H,2,11-12H2,1H3,(H,26,28). The number of rotatable bonds is 7. The van der Waals surface area contributed by atoms with Crippen LogP contribution in [0.4, 0.5) is 11.4 Å². The molecule has 0 unspecified atom stereocenters. The number of amidine groups is 1. The van der Waals surface area contributed by atoms with Gasteiger partial charge in [-0.05, 0) is 48.0 Å². The molecule has 0 aliphatic rings. The maximum absolute atomic E-state index is 12.2. The normalized spacial score (nSPS) is 11.2. The molecule has 0 radical (unpaired) electrons. The first kappa shape index (κ1) is 21.7. The van der Waals surface area contributed by atoms with Gasteiger partial charge in [-0.3, -0.25) is 15.8 Å². The maximum Gasteiger partial charge on any atom is 0.375 e. The van der Waals surface area contributed by atoms with Gasteiger partial charge < -0.3 is 10.1 Å². The van der Waals surface area contributed by atoms with E-state index in [4.69, 9.17) is 27.9 Å². The van der Waals surface area contributed by atoms with Crippen LogP contribution >= 0.6 is 23.2 Å². The molecule has 0 atom stereocenters. The number of carbonyl (C=O) groups is 1. The van der Waals surface area contributed by atoms with E-state index in [0.29, 0.717) is 28.8 Å². The average Bonchev–Trinajstić information content (AvgIpc) is 2.75. The highest BCUT2D eigenvalue weighted by atomic mass is 35.5. The number of benzene rings is 3. The summed E-state index contributed by atoms with van der Waals surface area (Å²) in [5, 5.41) is 6.61. The Kier molecular flexibility index (Phi) is 7.76. The number of hydrazine groups is 1. The number of esters is 1. The van der Waals surface area contributed by atoms with Crippen molar-refractivity contribution in [1.82, 2.24) is 5.43 Å². The maximum atomic E-state index is 12.2. The van der Waals surface area contributed by atoms with E-state index in [-0.39, 0.29) is 12.4 Å². The van der Waals surface area contributed by atoms with Crippen LogP contribution in [0.3, 0.4) is 0 Å². The summed E-state index contributed by atoms with van der Waals surface area (Å²) in [5.41, 5.74) is 7.13. The Bertz CT molecular complexity index is 1060. The van der Waals surface area contributed by atoms with E-state index in [1.165, 1.54) is 5.39 Å². The van der Waals surface area contributed by atoms with Crippen LogP contribution in [0.1, 0.15) is 6.92 Å². The number of hydrogen-bond donors (Lipinski definition) is 3. The van der Waals surface area contributed by atoms with Crippen molar-refractivity contribution in [3.05, 3.63) is 70.7 Å². The second-order valence-corrected chi connectivity index (χ2v) is 7.16. The Morgan fingerprint density at radius 3 is 2.63 bits per heavy atom. The van der Waals surface area contributed by atoms with Crippen molar-refractivity contribution >= 4 is 57.2 Å². The number of halogens is 2. The number of aliphatic imine (C=N–C) groups is 1. The summed E-state index contributed by atoms with van der Waals surface area (Å²) >= 11 is 12.1. The summed E-state index contributed by atoms with van der Waals surface area (Å²) in [4.78, 5) is 16.5. The molecule has 0 fully saturated rings. The highest BCUT2D eigenvalue weighted by molar-refractivity contribution is 6.36. The molecule has 3 rings (SSSR count). The molecule has 0 amide bonds. The molecule has 0 saturated heterocycles. The Morgan fingerprint density at radius 1 is 1.03 bits per heavy atom. The lowest BCUT2D eigenvalue weighted by atomic mass is 10.1. The lowest BCUT2D eigenvalue weighted by Crippen LogP contribution is -2.37. The first-order valence-corrected chi connectivity index (χ1v) is 10.2. The summed E-state index contributed by atoms with van der Waals surface area (Å²) in [6.07, 6.45) is 0. The van der Waals surface area contributed by atoms with Crippen LogP contribution < -0.4 is 16.2 Å². The van der Waals surface area contributed by atoms with Crippen molar-refractivity contribution in [1.29, 1.82) is 0 Å². The van der Waals surface area contributed by atoms with Gasteiger partial charge in [-0.15, -0.1) is 0 Å². The SMILES string of the molecule is CCOC(=O)C(=NCCNc1ccc2ccccc2c1)NNc1cc(Cl)ccc1Cl. The summed E-state index contributed by atoms with van der Waals surface area (Å²) in [5.74, 6) is -0.512. The molecule has 0 bridgehead atoms. The first-order chi connectivity index (χ1) is 14.6. The smallest absolute Gasteiger partial charge is 0.375 e. The predicted octanol–water partition coefficient (Wildman–Crippen LogP) is 5.14. The number of hydrogen-bond acceptors (Lipinski definition) is 5. The first-order valence-electron chi connectivity index (χ1n) is 9.48. The zero-order valence-electron chi connectivity index (χ0n) is 16.4. The Labute approximate surface area is 185 Å². The lowest BCUT2D eigenvalue weighted by molar-refractivity contribution is -0.135. The fraction of sp³-hybridized carbons (Fsp3) is 0.182. The van der Waals surface area contributed by atoms with Crippen molar-refractivity contribution < 1.29 is 9.53 Å². The minimum Gasteiger partial charge on any atom is -0.460 e. The van der Waals surface area contributed by atoms with Crippen LogP contribution in [0, 0.1) is 0 Å². The van der Waals surface area contributed by atoms with Crippen LogP contribution in [0.25, 0.3) is 10.8 Å². The van der Waals surface area contributed by atoms with Crippen molar-refractivity contribution in [2.24, 2.45) is 4.99 Å². The third-order valence-corrected chi connectivity index (χ3v) is 4.74. The number of nitrogens with zero attached hydrogens (tertiary/aromatic N) is 1. The monoisotopic (exact) mass is 444 g/mol. The molecule has 6 nitrogen and oxygen atoms in total. The van der Waals surface area contributed by atoms with E-state index in [9.17, 15) is 4.79 Å². The molecule has 156 valence electrons. The molecule has 0 heterocycles. The van der Waals surface area contributed by atoms with Gasteiger partial charge in [0.1, 0.15) is 0 Å². The highest BCUT2D eigenvalue weighted by Gasteiger charge is 2.13. The van der Waals surface area contributed by atoms with Gasteiger partial charge in [0.05, 0.1) is 23.9 Å². The second-order valence-electron chi connectivity index (χ2n) is 6.31. The van der Waals surface area contributed by atoms with Crippen LogP contribution in [0.5, 0.6) is 0 Å². The van der Waals surface area contributed by atoms with E-state index in [1.54, 1.807) is 25.1 Å². The van der Waals surface area contributed by atoms with Gasteiger partial charge in [0, 0.05) is 17.3 Å². The molecule has 3 aromatic carbocycles. The number of nitrogens with one attached hydrogen (secondary N) is 3. The second kappa shape index (κ2) is 10.7. The number of anilines is 2. The Hall–Kier alpha value is -2.96. The highest BCUT2D eigenvalue weighted by Crippen LogP contribution is 2.24. The van der Waals surface area contributed by atoms with Crippen molar-refractivity contribution in [2.45, 2.75) is 6.92 Å². The zero-order chi connectivity index (χ0) is 21.3. The molecule has 3 aromatic rings. The molecule has 0 aliphatic carbocycles. The topological polar surface area (TPSA) is 74.8 Å². The Morgan fingerprint density at radius 2 is 1.83 bits per heavy atom. The fourth-order valence-electron chi connectivity index (χ4n) is 2.74. The van der Waals surface area contributed by atoms with E-state index in [2.05, 4.69) is 45.4 Å². The van der Waals surface area contributed by atoms with Crippen molar-refractivity contribution in [3.8, 4) is 0 Å². The van der Waals surface area contributed by atoms with E-state index >= 15 is 0 Å². The van der Waals surface area contributed by atoms with Gasteiger partial charge in [-0.2, -0.15) is 0 Å². The van der Waals surface area contributed by atoms with Crippen LogP contribution in [-0.2, 0) is 9.53 Å². The van der Waals surface area contributed by atoms with E-state index in [0.717, 1.165) is 11.1 Å². The molecular weight excluding hydrogens is 423 g/mol. The van der Waals surface area contributed by atoms with Crippen molar-refractivity contribution in [3.63, 3.8) is 0 Å². The minimum atomic E-state index is -0.561. The van der Waals surface area contributed by atoms with Gasteiger partial charge >= 0.3 is 5.97 Å². The van der Waals surface area contributed by atoms with Crippen LogP contribution in [0.15, 0.2) is 65.7 Å². The predicted molar refractivity (Wildman–Crippen MR) is 125 cm³/mol. The lowest BCUT2D eigenvalue weighted by Gasteiger charge is -2.13. The zero-order valence-corrected chi connectivity index (χ0v) is 17.9. The third-order valence-electron chi connectivity index (χ3n) is 4.17. The molecule has 3 N–H and O–H groups in total. The minimum absolute atomic E-state index is 0.0493. The summed E-state index contributed by atoms with van der Waals surface area (Å²) in [6.45, 7) is 2.88. The summed E-state index contributed by atoms with van der Waals surface area (Å²) < 4.78 is 5.06. The summed E-state index contributed by atoms with van der Waals surface area (Å²) in [7, 11) is 0. The van der Waals surface area contributed by atoms with Crippen molar-refractivity contribution in [2.75, 3.05) is 30.4 Å². The van der Waals surface area contributed by atoms with Crippen LogP contribution in [-0.4, -0.2) is 31.5 Å². The van der Waals surface area contributed by atoms with Gasteiger partial charge in [0.15, 0.2) is 0 Å². The number of ether oxygens (including phenoxy) is 1. The van der Waals surface area contributed by atoms with E-state index < -0.39 is 5.97 Å². The molecule has 8 heteroatoms. The fourth-order valence-corrected chi connectivity index (χ4v) is 3.08.